The van der Waals surface area contributed by atoms with Crippen LogP contribution in [0.1, 0.15) is 32.1 Å². The molecule has 1 N–H and O–H groups in total. The quantitative estimate of drug-likeness (QED) is 0.486. The van der Waals surface area contributed by atoms with Crippen LogP contribution < -0.4 is 10.1 Å². The highest BCUT2D eigenvalue weighted by Gasteiger charge is 2.14. The minimum absolute atomic E-state index is 0.0865. The van der Waals surface area contributed by atoms with Gasteiger partial charge in [-0.05, 0) is 38.2 Å². The Kier molecular flexibility index (Phi) is 4.98. The van der Waals surface area contributed by atoms with Crippen molar-refractivity contribution in [3.8, 4) is 5.75 Å². The van der Waals surface area contributed by atoms with Crippen molar-refractivity contribution in [2.24, 2.45) is 0 Å². The van der Waals surface area contributed by atoms with E-state index in [2.05, 4.69) is 11.4 Å². The first-order chi connectivity index (χ1) is 9.70. The average molecular weight is 276 g/mol. The Morgan fingerprint density at radius 2 is 2.25 bits per heavy atom. The Labute approximate surface area is 118 Å². The number of nitro groups is 1. The number of methoxy groups -OCH3 is 1. The lowest BCUT2D eigenvalue weighted by molar-refractivity contribution is -0.384. The lowest BCUT2D eigenvalue weighted by Crippen LogP contribution is -2.06. The largest absolute Gasteiger partial charge is 0.497 e. The summed E-state index contributed by atoms with van der Waals surface area (Å²) in [6, 6.07) is 4.75. The molecule has 1 aromatic rings. The van der Waals surface area contributed by atoms with E-state index < -0.39 is 0 Å². The Hall–Kier alpha value is -2.04. The van der Waals surface area contributed by atoms with Crippen LogP contribution in [0.15, 0.2) is 29.8 Å². The number of allylic oxidation sites excluding steroid dienone is 1. The summed E-state index contributed by atoms with van der Waals surface area (Å²) >= 11 is 0. The van der Waals surface area contributed by atoms with E-state index in [0.29, 0.717) is 18.0 Å². The zero-order valence-corrected chi connectivity index (χ0v) is 11.7. The Balaban J connectivity index is 2.00. The number of nitro benzene ring substituents is 1. The van der Waals surface area contributed by atoms with E-state index in [1.807, 2.05) is 0 Å². The Bertz CT molecular complexity index is 512. The minimum atomic E-state index is -0.373. The van der Waals surface area contributed by atoms with Crippen molar-refractivity contribution in [3.63, 3.8) is 0 Å². The van der Waals surface area contributed by atoms with E-state index in [1.54, 1.807) is 19.2 Å². The molecule has 0 aliphatic heterocycles. The van der Waals surface area contributed by atoms with Gasteiger partial charge in [0, 0.05) is 18.7 Å². The van der Waals surface area contributed by atoms with Crippen LogP contribution in [0.2, 0.25) is 0 Å². The monoisotopic (exact) mass is 276 g/mol. The third-order valence-electron chi connectivity index (χ3n) is 3.55. The molecule has 1 aromatic carbocycles. The molecule has 1 aliphatic rings. The van der Waals surface area contributed by atoms with Gasteiger partial charge in [-0.15, -0.1) is 0 Å². The summed E-state index contributed by atoms with van der Waals surface area (Å²) in [6.07, 6.45) is 8.08. The topological polar surface area (TPSA) is 64.4 Å². The van der Waals surface area contributed by atoms with Crippen molar-refractivity contribution in [1.29, 1.82) is 0 Å². The molecule has 108 valence electrons. The summed E-state index contributed by atoms with van der Waals surface area (Å²) in [5.41, 5.74) is 2.06. The molecule has 0 fully saturated rings. The summed E-state index contributed by atoms with van der Waals surface area (Å²) in [4.78, 5) is 10.6. The fourth-order valence-corrected chi connectivity index (χ4v) is 2.43. The van der Waals surface area contributed by atoms with Crippen LogP contribution in [0.5, 0.6) is 5.75 Å². The molecule has 0 aromatic heterocycles. The molecule has 0 atom stereocenters. The number of hydrogen-bond acceptors (Lipinski definition) is 4. The highest BCUT2D eigenvalue weighted by Crippen LogP contribution is 2.29. The lowest BCUT2D eigenvalue weighted by atomic mass is 9.97. The van der Waals surface area contributed by atoms with Crippen molar-refractivity contribution in [1.82, 2.24) is 0 Å². The molecule has 0 bridgehead atoms. The molecule has 5 nitrogen and oxygen atoms in total. The van der Waals surface area contributed by atoms with Gasteiger partial charge in [-0.2, -0.15) is 0 Å². The summed E-state index contributed by atoms with van der Waals surface area (Å²) in [5.74, 6) is 0.620. The standard InChI is InChI=1S/C15H20N2O3/c1-20-13-7-8-15(17(18)19)14(11-13)16-10-9-12-5-3-2-4-6-12/h5,7-8,11,16H,2-4,6,9-10H2,1H3. The van der Waals surface area contributed by atoms with Crippen molar-refractivity contribution in [2.75, 3.05) is 19.0 Å². The maximum atomic E-state index is 11.0. The van der Waals surface area contributed by atoms with E-state index in [9.17, 15) is 10.1 Å². The van der Waals surface area contributed by atoms with Crippen LogP contribution in [-0.2, 0) is 0 Å². The molecule has 0 heterocycles. The SMILES string of the molecule is COc1ccc([N+](=O)[O-])c(NCCC2=CCCCC2)c1. The zero-order chi connectivity index (χ0) is 14.4. The van der Waals surface area contributed by atoms with Crippen LogP contribution in [0.4, 0.5) is 11.4 Å². The summed E-state index contributed by atoms with van der Waals surface area (Å²) in [7, 11) is 1.55. The number of ether oxygens (including phenoxy) is 1. The van der Waals surface area contributed by atoms with E-state index >= 15 is 0 Å². The maximum absolute atomic E-state index is 11.0. The van der Waals surface area contributed by atoms with Crippen LogP contribution >= 0.6 is 0 Å². The number of anilines is 1. The normalized spacial score (nSPS) is 14.6. The molecule has 0 spiro atoms. The average Bonchev–Trinajstić information content (AvgIpc) is 2.48. The van der Waals surface area contributed by atoms with Gasteiger partial charge in [-0.25, -0.2) is 0 Å². The zero-order valence-electron chi connectivity index (χ0n) is 11.7. The van der Waals surface area contributed by atoms with Gasteiger partial charge in [0.05, 0.1) is 12.0 Å². The number of hydrogen-bond donors (Lipinski definition) is 1. The fourth-order valence-electron chi connectivity index (χ4n) is 2.43. The molecule has 20 heavy (non-hydrogen) atoms. The second-order valence-electron chi connectivity index (χ2n) is 4.93. The van der Waals surface area contributed by atoms with E-state index in [1.165, 1.54) is 24.5 Å². The molecular formula is C15H20N2O3. The van der Waals surface area contributed by atoms with Gasteiger partial charge in [0.25, 0.3) is 5.69 Å². The van der Waals surface area contributed by atoms with E-state index in [-0.39, 0.29) is 10.6 Å². The molecule has 0 saturated heterocycles. The fraction of sp³-hybridized carbons (Fsp3) is 0.467. The second kappa shape index (κ2) is 6.93. The second-order valence-corrected chi connectivity index (χ2v) is 4.93. The van der Waals surface area contributed by atoms with Crippen molar-refractivity contribution >= 4 is 11.4 Å². The Morgan fingerprint density at radius 3 is 2.90 bits per heavy atom. The predicted molar refractivity (Wildman–Crippen MR) is 79.3 cm³/mol. The first-order valence-corrected chi connectivity index (χ1v) is 6.95. The molecule has 0 amide bonds. The van der Waals surface area contributed by atoms with Crippen molar-refractivity contribution < 1.29 is 9.66 Å². The highest BCUT2D eigenvalue weighted by atomic mass is 16.6. The molecule has 1 aliphatic carbocycles. The third kappa shape index (κ3) is 3.73. The number of nitrogens with one attached hydrogen (secondary N) is 1. The van der Waals surface area contributed by atoms with Gasteiger partial charge >= 0.3 is 0 Å². The summed E-state index contributed by atoms with van der Waals surface area (Å²) in [6.45, 7) is 0.708. The summed E-state index contributed by atoms with van der Waals surface area (Å²) in [5, 5.41) is 14.2. The van der Waals surface area contributed by atoms with E-state index in [4.69, 9.17) is 4.74 Å². The van der Waals surface area contributed by atoms with Crippen LogP contribution in [0, 0.1) is 10.1 Å². The van der Waals surface area contributed by atoms with Gasteiger partial charge in [-0.3, -0.25) is 10.1 Å². The van der Waals surface area contributed by atoms with Crippen molar-refractivity contribution in [3.05, 3.63) is 40.0 Å². The maximum Gasteiger partial charge on any atom is 0.292 e. The lowest BCUT2D eigenvalue weighted by Gasteiger charge is -2.13. The minimum Gasteiger partial charge on any atom is -0.497 e. The summed E-state index contributed by atoms with van der Waals surface area (Å²) < 4.78 is 5.11. The molecule has 2 rings (SSSR count). The van der Waals surface area contributed by atoms with Gasteiger partial charge in [-0.1, -0.05) is 11.6 Å². The molecule has 5 heteroatoms. The van der Waals surface area contributed by atoms with Gasteiger partial charge in [0.1, 0.15) is 11.4 Å². The van der Waals surface area contributed by atoms with E-state index in [0.717, 1.165) is 19.3 Å². The van der Waals surface area contributed by atoms with Crippen LogP contribution in [-0.4, -0.2) is 18.6 Å². The van der Waals surface area contributed by atoms with Crippen LogP contribution in [0.25, 0.3) is 0 Å². The highest BCUT2D eigenvalue weighted by molar-refractivity contribution is 5.64. The number of rotatable bonds is 6. The molecular weight excluding hydrogens is 256 g/mol. The van der Waals surface area contributed by atoms with Crippen LogP contribution in [0.3, 0.4) is 0 Å². The van der Waals surface area contributed by atoms with Gasteiger partial charge in [0.15, 0.2) is 0 Å². The van der Waals surface area contributed by atoms with Crippen molar-refractivity contribution in [2.45, 2.75) is 32.1 Å². The first kappa shape index (κ1) is 14.4. The Morgan fingerprint density at radius 1 is 1.40 bits per heavy atom. The number of nitrogens with zero attached hydrogens (tertiary/aromatic N) is 1. The predicted octanol–water partition coefficient (Wildman–Crippen LogP) is 3.91. The first-order valence-electron chi connectivity index (χ1n) is 6.95. The molecule has 0 radical (unpaired) electrons. The van der Waals surface area contributed by atoms with Gasteiger partial charge in [0.2, 0.25) is 0 Å². The molecule has 0 saturated carbocycles. The van der Waals surface area contributed by atoms with Gasteiger partial charge < -0.3 is 10.1 Å². The number of benzene rings is 1. The molecule has 0 unspecified atom stereocenters. The smallest absolute Gasteiger partial charge is 0.292 e. The third-order valence-corrected chi connectivity index (χ3v) is 3.55.